The van der Waals surface area contributed by atoms with Crippen LogP contribution in [0.5, 0.6) is 0 Å². The molecule has 0 spiro atoms. The van der Waals surface area contributed by atoms with Crippen LogP contribution < -0.4 is 5.73 Å². The first-order chi connectivity index (χ1) is 11.5. The van der Waals surface area contributed by atoms with Crippen molar-refractivity contribution in [3.63, 3.8) is 0 Å². The van der Waals surface area contributed by atoms with Gasteiger partial charge >= 0.3 is 0 Å². The average Bonchev–Trinajstić information content (AvgIpc) is 2.55. The molecule has 2 aromatic carbocycles. The molecule has 0 saturated heterocycles. The van der Waals surface area contributed by atoms with Gasteiger partial charge in [-0.2, -0.15) is 0 Å². The van der Waals surface area contributed by atoms with Gasteiger partial charge in [0.2, 0.25) is 0 Å². The molecule has 0 saturated carbocycles. The second-order valence-corrected chi connectivity index (χ2v) is 7.22. The Kier molecular flexibility index (Phi) is 6.76. The fourth-order valence-electron chi connectivity index (χ4n) is 2.28. The lowest BCUT2D eigenvalue weighted by Gasteiger charge is -1.99. The molecule has 0 aliphatic rings. The topological polar surface area (TPSA) is 51.8 Å². The Labute approximate surface area is 168 Å². The number of nitrogens with zero attached hydrogens (tertiary/aromatic N) is 2. The Morgan fingerprint density at radius 1 is 0.760 bits per heavy atom. The van der Waals surface area contributed by atoms with E-state index >= 15 is 0 Å². The Bertz CT molecular complexity index is 938. The molecule has 2 heterocycles. The van der Waals surface area contributed by atoms with Gasteiger partial charge in [0.25, 0.3) is 0 Å². The number of halogens is 3. The van der Waals surface area contributed by atoms with Gasteiger partial charge in [0.1, 0.15) is 11.0 Å². The first-order valence-corrected chi connectivity index (χ1v) is 9.00. The van der Waals surface area contributed by atoms with E-state index in [2.05, 4.69) is 41.8 Å². The van der Waals surface area contributed by atoms with Crippen LogP contribution in [0, 0.1) is 0 Å². The molecule has 0 bridgehead atoms. The number of fused-ring (bicyclic) bond motifs is 2. The number of nitrogens with two attached hydrogens (primary N) is 1. The third-order valence-electron chi connectivity index (χ3n) is 3.44. The molecule has 0 radical (unpaired) electrons. The highest BCUT2D eigenvalue weighted by Gasteiger charge is 1.99. The van der Waals surface area contributed by atoms with E-state index in [4.69, 9.17) is 17.3 Å². The number of pyridine rings is 2. The smallest absolute Gasteiger partial charge is 0.136 e. The van der Waals surface area contributed by atoms with E-state index < -0.39 is 0 Å². The maximum Gasteiger partial charge on any atom is 0.136 e. The van der Waals surface area contributed by atoms with Crippen LogP contribution in [-0.2, 0) is 0 Å². The van der Waals surface area contributed by atoms with Crippen LogP contribution in [0.1, 0.15) is 7.43 Å². The zero-order valence-corrected chi connectivity index (χ0v) is 16.3. The van der Waals surface area contributed by atoms with Gasteiger partial charge in [0.05, 0.1) is 0 Å². The van der Waals surface area contributed by atoms with E-state index in [9.17, 15) is 0 Å². The van der Waals surface area contributed by atoms with Crippen molar-refractivity contribution in [3.8, 4) is 0 Å². The largest absolute Gasteiger partial charge is 0.383 e. The fourth-order valence-corrected chi connectivity index (χ4v) is 3.27. The Morgan fingerprint density at radius 2 is 1.28 bits per heavy atom. The number of benzene rings is 2. The first kappa shape index (κ1) is 19.6. The minimum absolute atomic E-state index is 0. The maximum atomic E-state index is 5.88. The van der Waals surface area contributed by atoms with Crippen LogP contribution in [0.15, 0.2) is 69.9 Å². The van der Waals surface area contributed by atoms with Gasteiger partial charge in [-0.25, -0.2) is 9.97 Å². The van der Waals surface area contributed by atoms with E-state index in [0.29, 0.717) is 11.0 Å². The molecule has 128 valence electrons. The molecule has 4 rings (SSSR count). The van der Waals surface area contributed by atoms with E-state index in [-0.39, 0.29) is 7.43 Å². The molecule has 2 N–H and O–H groups in total. The van der Waals surface area contributed by atoms with Gasteiger partial charge in [-0.3, -0.25) is 0 Å². The second-order valence-electron chi connectivity index (χ2n) is 5.03. The van der Waals surface area contributed by atoms with Crippen LogP contribution >= 0.6 is 43.5 Å². The molecule has 0 amide bonds. The summed E-state index contributed by atoms with van der Waals surface area (Å²) in [6.07, 6.45) is 3.42. The summed E-state index contributed by atoms with van der Waals surface area (Å²) < 4.78 is 2.11. The summed E-state index contributed by atoms with van der Waals surface area (Å²) in [6, 6.07) is 15.7. The number of anilines is 1. The number of rotatable bonds is 0. The molecule has 0 fully saturated rings. The summed E-state index contributed by atoms with van der Waals surface area (Å²) in [5.74, 6) is 0.583. The van der Waals surface area contributed by atoms with Crippen LogP contribution in [0.3, 0.4) is 0 Å². The molecule has 0 aliphatic heterocycles. The van der Waals surface area contributed by atoms with Crippen molar-refractivity contribution in [2.75, 3.05) is 5.73 Å². The number of hydrogen-bond acceptors (Lipinski definition) is 3. The van der Waals surface area contributed by atoms with E-state index in [1.165, 1.54) is 0 Å². The Morgan fingerprint density at radius 3 is 1.92 bits per heavy atom. The lowest BCUT2D eigenvalue weighted by atomic mass is 10.2. The zero-order chi connectivity index (χ0) is 17.1. The standard InChI is InChI=1S/C9H5BrClN.C9H7BrN2.CH4/c2*10-7-1-2-8-6(5-7)3-4-12-9(8)11;/h1-5H;1-5H,(H2,11,12);1H4. The SMILES string of the molecule is C.Clc1nccc2cc(Br)ccc12.Nc1nccc2cc(Br)ccc12. The van der Waals surface area contributed by atoms with Crippen molar-refractivity contribution >= 4 is 70.8 Å². The summed E-state index contributed by atoms with van der Waals surface area (Å²) in [4.78, 5) is 7.99. The van der Waals surface area contributed by atoms with E-state index in [0.717, 1.165) is 30.5 Å². The van der Waals surface area contributed by atoms with Crippen LogP contribution in [0.25, 0.3) is 21.5 Å². The third-order valence-corrected chi connectivity index (χ3v) is 4.72. The predicted octanol–water partition coefficient (Wildman–Crippen LogP) is 6.87. The average molecular weight is 482 g/mol. The summed E-state index contributed by atoms with van der Waals surface area (Å²) in [6.45, 7) is 0. The van der Waals surface area contributed by atoms with E-state index in [1.807, 2.05) is 48.5 Å². The number of hydrogen-bond donors (Lipinski definition) is 1. The summed E-state index contributed by atoms with van der Waals surface area (Å²) in [5.41, 5.74) is 5.68. The van der Waals surface area contributed by atoms with Crippen LogP contribution in [0.4, 0.5) is 5.82 Å². The summed E-state index contributed by atoms with van der Waals surface area (Å²) >= 11 is 12.7. The first-order valence-electron chi connectivity index (χ1n) is 7.04. The van der Waals surface area contributed by atoms with Crippen LogP contribution in [0.2, 0.25) is 5.15 Å². The molecule has 0 atom stereocenters. The highest BCUT2D eigenvalue weighted by atomic mass is 79.9. The summed E-state index contributed by atoms with van der Waals surface area (Å²) in [5, 5.41) is 4.75. The van der Waals surface area contributed by atoms with E-state index in [1.54, 1.807) is 12.4 Å². The summed E-state index contributed by atoms with van der Waals surface area (Å²) in [7, 11) is 0. The molecular weight excluding hydrogens is 465 g/mol. The molecule has 3 nitrogen and oxygen atoms in total. The van der Waals surface area contributed by atoms with Gasteiger partial charge in [0.15, 0.2) is 0 Å². The molecule has 0 unspecified atom stereocenters. The van der Waals surface area contributed by atoms with Crippen LogP contribution in [-0.4, -0.2) is 9.97 Å². The third kappa shape index (κ3) is 4.69. The number of nitrogen functional groups attached to an aromatic ring is 1. The minimum atomic E-state index is 0. The second kappa shape index (κ2) is 8.61. The quantitative estimate of drug-likeness (QED) is 0.279. The van der Waals surface area contributed by atoms with Crippen molar-refractivity contribution in [1.29, 1.82) is 0 Å². The van der Waals surface area contributed by atoms with Gasteiger partial charge in [0, 0.05) is 32.1 Å². The maximum absolute atomic E-state index is 5.88. The lowest BCUT2D eigenvalue weighted by Crippen LogP contribution is -1.89. The predicted molar refractivity (Wildman–Crippen MR) is 115 cm³/mol. The lowest BCUT2D eigenvalue weighted by molar-refractivity contribution is 1.36. The van der Waals surface area contributed by atoms with Crippen molar-refractivity contribution in [2.24, 2.45) is 0 Å². The van der Waals surface area contributed by atoms with Gasteiger partial charge in [-0.15, -0.1) is 0 Å². The van der Waals surface area contributed by atoms with Crippen molar-refractivity contribution < 1.29 is 0 Å². The molecule has 6 heteroatoms. The molecular formula is C19H16Br2ClN3. The molecule has 4 aromatic rings. The molecule has 2 aromatic heterocycles. The minimum Gasteiger partial charge on any atom is -0.383 e. The van der Waals surface area contributed by atoms with Crippen molar-refractivity contribution in [1.82, 2.24) is 9.97 Å². The molecule has 25 heavy (non-hydrogen) atoms. The monoisotopic (exact) mass is 479 g/mol. The van der Waals surface area contributed by atoms with Gasteiger partial charge < -0.3 is 5.73 Å². The van der Waals surface area contributed by atoms with Gasteiger partial charge in [-0.05, 0) is 53.2 Å². The van der Waals surface area contributed by atoms with Crippen molar-refractivity contribution in [3.05, 3.63) is 75.0 Å². The highest BCUT2D eigenvalue weighted by molar-refractivity contribution is 9.10. The highest BCUT2D eigenvalue weighted by Crippen LogP contribution is 2.24. The van der Waals surface area contributed by atoms with Gasteiger partial charge in [-0.1, -0.05) is 57.0 Å². The Hall–Kier alpha value is -1.69. The Balaban J connectivity index is 0.000000173. The number of aromatic nitrogens is 2. The van der Waals surface area contributed by atoms with Crippen molar-refractivity contribution in [2.45, 2.75) is 7.43 Å². The zero-order valence-electron chi connectivity index (χ0n) is 12.4. The molecule has 0 aliphatic carbocycles. The normalized spacial score (nSPS) is 10.0. The fraction of sp³-hybridized carbons (Fsp3) is 0.0526.